The average molecular weight is 496 g/mol. The molecule has 1 amide bonds. The number of halogens is 2. The van der Waals surface area contributed by atoms with Crippen molar-refractivity contribution < 1.29 is 28.5 Å². The summed E-state index contributed by atoms with van der Waals surface area (Å²) in [5, 5.41) is 6.27. The van der Waals surface area contributed by atoms with Crippen molar-refractivity contribution in [3.8, 4) is 5.75 Å². The van der Waals surface area contributed by atoms with Crippen LogP contribution in [-0.2, 0) is 20.8 Å². The molecule has 10 heteroatoms. The highest BCUT2D eigenvalue weighted by molar-refractivity contribution is 7.81. The Morgan fingerprint density at radius 3 is 2.88 bits per heavy atom. The molecule has 0 saturated carbocycles. The Morgan fingerprint density at radius 2 is 2.15 bits per heavy atom. The van der Waals surface area contributed by atoms with Crippen LogP contribution in [0, 0.1) is 5.82 Å². The van der Waals surface area contributed by atoms with E-state index in [1.165, 1.54) is 24.3 Å². The van der Waals surface area contributed by atoms with Crippen molar-refractivity contribution in [2.24, 2.45) is 0 Å². The summed E-state index contributed by atoms with van der Waals surface area (Å²) in [5.74, 6) is -0.744. The van der Waals surface area contributed by atoms with Crippen molar-refractivity contribution in [1.82, 2.24) is 4.90 Å². The van der Waals surface area contributed by atoms with E-state index in [-0.39, 0.29) is 20.6 Å². The predicted octanol–water partition coefficient (Wildman–Crippen LogP) is 5.08. The van der Waals surface area contributed by atoms with Gasteiger partial charge >= 0.3 is 10.5 Å². The fourth-order valence-corrected chi connectivity index (χ4v) is 5.02. The standard InChI is InChI=1S/C24H27F2N3O4S.2H2/c1-3-4-7-16-12-17(25)13-21-22(16)28-23(30)24(21,2)29-11-6-9-19(15-29)27-18-8-5-10-20(14-18)33-34(26,31)32;;/h4-5,7-8,10,12-14,19,27H,3,6,9,11,15H2,1-2H3,(H,28,30);2*1H/b7-4-;;/t19-,24?;;/m1../s1. The summed E-state index contributed by atoms with van der Waals surface area (Å²) in [7, 11) is -5.12. The van der Waals surface area contributed by atoms with Crippen LogP contribution in [-0.4, -0.2) is 38.4 Å². The average Bonchev–Trinajstić information content (AvgIpc) is 3.03. The molecule has 7 nitrogen and oxygen atoms in total. The van der Waals surface area contributed by atoms with Gasteiger partial charge in [0.25, 0.3) is 0 Å². The van der Waals surface area contributed by atoms with E-state index in [0.29, 0.717) is 35.6 Å². The van der Waals surface area contributed by atoms with Crippen molar-refractivity contribution >= 4 is 33.9 Å². The Labute approximate surface area is 201 Å². The second-order valence-corrected chi connectivity index (χ2v) is 9.64. The van der Waals surface area contributed by atoms with Crippen LogP contribution in [0.25, 0.3) is 6.08 Å². The van der Waals surface area contributed by atoms with Crippen LogP contribution in [0.5, 0.6) is 5.75 Å². The molecule has 2 N–H and O–H groups in total. The number of piperidine rings is 1. The monoisotopic (exact) mass is 495 g/mol. The van der Waals surface area contributed by atoms with Crippen molar-refractivity contribution in [3.63, 3.8) is 0 Å². The lowest BCUT2D eigenvalue weighted by atomic mass is 9.87. The van der Waals surface area contributed by atoms with Gasteiger partial charge in [0.05, 0.1) is 5.69 Å². The van der Waals surface area contributed by atoms with E-state index in [4.69, 9.17) is 0 Å². The number of anilines is 2. The molecule has 2 heterocycles. The van der Waals surface area contributed by atoms with E-state index in [1.54, 1.807) is 12.1 Å². The second-order valence-electron chi connectivity index (χ2n) is 8.69. The molecule has 0 aliphatic carbocycles. The van der Waals surface area contributed by atoms with Crippen molar-refractivity contribution in [3.05, 3.63) is 59.4 Å². The number of nitrogens with zero attached hydrogens (tertiary/aromatic N) is 1. The molecule has 2 aromatic rings. The first-order valence-corrected chi connectivity index (χ1v) is 12.5. The first-order chi connectivity index (χ1) is 16.1. The van der Waals surface area contributed by atoms with Crippen LogP contribution in [0.2, 0.25) is 0 Å². The quantitative estimate of drug-likeness (QED) is 0.521. The Balaban J connectivity index is 0.00000228. The van der Waals surface area contributed by atoms with Gasteiger partial charge in [0.1, 0.15) is 17.1 Å². The zero-order valence-corrected chi connectivity index (χ0v) is 19.8. The van der Waals surface area contributed by atoms with E-state index < -0.39 is 21.9 Å². The van der Waals surface area contributed by atoms with E-state index in [0.717, 1.165) is 19.3 Å². The molecule has 34 heavy (non-hydrogen) atoms. The highest BCUT2D eigenvalue weighted by Gasteiger charge is 2.49. The first kappa shape index (κ1) is 24.2. The molecule has 2 aromatic carbocycles. The smallest absolute Gasteiger partial charge is 0.381 e. The van der Waals surface area contributed by atoms with Crippen molar-refractivity contribution in [1.29, 1.82) is 0 Å². The lowest BCUT2D eigenvalue weighted by molar-refractivity contribution is -0.127. The van der Waals surface area contributed by atoms with Crippen molar-refractivity contribution in [2.75, 3.05) is 23.7 Å². The van der Waals surface area contributed by atoms with Gasteiger partial charge in [0.2, 0.25) is 5.91 Å². The van der Waals surface area contributed by atoms with Crippen LogP contribution < -0.4 is 14.8 Å². The summed E-state index contributed by atoms with van der Waals surface area (Å²) in [6, 6.07) is 8.78. The number of amides is 1. The molecule has 1 saturated heterocycles. The van der Waals surface area contributed by atoms with Gasteiger partial charge in [0.15, 0.2) is 0 Å². The highest BCUT2D eigenvalue weighted by Crippen LogP contribution is 2.44. The minimum absolute atomic E-state index is 0. The van der Waals surface area contributed by atoms with Crippen LogP contribution in [0.3, 0.4) is 0 Å². The van der Waals surface area contributed by atoms with E-state index in [9.17, 15) is 21.5 Å². The molecule has 0 bridgehead atoms. The number of fused-ring (bicyclic) bond motifs is 1. The highest BCUT2D eigenvalue weighted by atomic mass is 32.3. The van der Waals surface area contributed by atoms with Crippen LogP contribution in [0.1, 0.15) is 47.1 Å². The summed E-state index contributed by atoms with van der Waals surface area (Å²) >= 11 is 0. The zero-order valence-electron chi connectivity index (χ0n) is 19.0. The third-order valence-corrected chi connectivity index (χ3v) is 6.72. The summed E-state index contributed by atoms with van der Waals surface area (Å²) in [4.78, 5) is 15.2. The predicted molar refractivity (Wildman–Crippen MR) is 131 cm³/mol. The number of benzene rings is 2. The minimum Gasteiger partial charge on any atom is -0.381 e. The molecule has 186 valence electrons. The van der Waals surface area contributed by atoms with Gasteiger partial charge in [-0.05, 0) is 57.0 Å². The third kappa shape index (κ3) is 4.92. The molecule has 2 aliphatic rings. The van der Waals surface area contributed by atoms with Crippen LogP contribution in [0.4, 0.5) is 19.7 Å². The molecule has 0 spiro atoms. The summed E-state index contributed by atoms with van der Waals surface area (Å²) in [6.45, 7) is 4.94. The molecule has 4 rings (SSSR count). The maximum atomic E-state index is 14.5. The molecule has 0 aromatic heterocycles. The van der Waals surface area contributed by atoms with E-state index >= 15 is 0 Å². The third-order valence-electron chi connectivity index (χ3n) is 6.33. The Morgan fingerprint density at radius 1 is 1.35 bits per heavy atom. The summed E-state index contributed by atoms with van der Waals surface area (Å²) in [6.07, 6.45) is 6.13. The van der Waals surface area contributed by atoms with Crippen molar-refractivity contribution in [2.45, 2.75) is 44.7 Å². The Kier molecular flexibility index (Phi) is 6.64. The first-order valence-electron chi connectivity index (χ1n) is 11.2. The number of carbonyl (C=O) groups is 1. The molecular weight excluding hydrogens is 464 g/mol. The molecular formula is C24H31F2N3O4S. The number of nitrogens with one attached hydrogen (secondary N) is 2. The molecule has 1 fully saturated rings. The van der Waals surface area contributed by atoms with Gasteiger partial charge in [-0.1, -0.05) is 29.0 Å². The minimum atomic E-state index is -5.12. The van der Waals surface area contributed by atoms with Gasteiger partial charge in [-0.15, -0.1) is 0 Å². The Bertz CT molecular complexity index is 1250. The lowest BCUT2D eigenvalue weighted by Crippen LogP contribution is -2.55. The SMILES string of the molecule is CC/C=C\c1cc(F)cc2c1NC(=O)C2(C)N1CCC[C@@H](Nc2cccc(OS(=O)(=O)F)c2)C1.[HH].[HH]. The number of rotatable bonds is 7. The van der Waals surface area contributed by atoms with Gasteiger partial charge in [-0.2, -0.15) is 8.42 Å². The van der Waals surface area contributed by atoms with Crippen LogP contribution in [0.15, 0.2) is 42.5 Å². The zero-order chi connectivity index (χ0) is 24.5. The number of hydrogen-bond donors (Lipinski definition) is 2. The maximum Gasteiger partial charge on any atom is 0.488 e. The molecule has 2 aliphatic heterocycles. The largest absolute Gasteiger partial charge is 0.488 e. The molecule has 0 radical (unpaired) electrons. The maximum absolute atomic E-state index is 14.5. The fourth-order valence-electron chi connectivity index (χ4n) is 4.69. The number of allylic oxidation sites excluding steroid dienone is 1. The number of likely N-dealkylation sites (tertiary alicyclic amines) is 1. The van der Waals surface area contributed by atoms with Gasteiger partial charge in [-0.25, -0.2) is 4.39 Å². The molecule has 1 unspecified atom stereocenters. The van der Waals surface area contributed by atoms with Crippen LogP contribution >= 0.6 is 0 Å². The summed E-state index contributed by atoms with van der Waals surface area (Å²) in [5.41, 5.74) is 1.40. The van der Waals surface area contributed by atoms with Gasteiger partial charge in [0, 0.05) is 38.3 Å². The van der Waals surface area contributed by atoms with Gasteiger partial charge < -0.3 is 14.8 Å². The lowest BCUT2D eigenvalue weighted by Gasteiger charge is -2.42. The fraction of sp³-hybridized carbons (Fsp3) is 0.375. The second kappa shape index (κ2) is 9.34. The Hall–Kier alpha value is -2.98. The number of carbonyl (C=O) groups excluding carboxylic acids is 1. The topological polar surface area (TPSA) is 87.7 Å². The molecule has 2 atom stereocenters. The van der Waals surface area contributed by atoms with Gasteiger partial charge in [-0.3, -0.25) is 9.69 Å². The number of hydrogen-bond acceptors (Lipinski definition) is 6. The summed E-state index contributed by atoms with van der Waals surface area (Å²) < 4.78 is 53.3. The van der Waals surface area contributed by atoms with E-state index in [1.807, 2.05) is 30.9 Å². The van der Waals surface area contributed by atoms with E-state index in [2.05, 4.69) is 14.8 Å². The normalized spacial score (nSPS) is 23.1.